The van der Waals surface area contributed by atoms with Crippen LogP contribution in [-0.4, -0.2) is 21.3 Å². The van der Waals surface area contributed by atoms with Gasteiger partial charge in [-0.25, -0.2) is 4.98 Å². The second-order valence-corrected chi connectivity index (χ2v) is 10.6. The zero-order valence-corrected chi connectivity index (χ0v) is 21.1. The molecule has 0 radical (unpaired) electrons. The molecule has 1 unspecified atom stereocenters. The minimum Gasteiger partial charge on any atom is -0.370 e. The number of aryl methyl sites for hydroxylation is 4. The normalized spacial score (nSPS) is 14.6. The van der Waals surface area contributed by atoms with E-state index in [0.29, 0.717) is 5.92 Å². The number of rotatable bonds is 8. The predicted octanol–water partition coefficient (Wildman–Crippen LogP) is 6.38. The first kappa shape index (κ1) is 23.5. The highest BCUT2D eigenvalue weighted by atomic mass is 15.3. The molecule has 1 atom stereocenters. The second-order valence-electron chi connectivity index (χ2n) is 10.6. The van der Waals surface area contributed by atoms with Gasteiger partial charge in [0.15, 0.2) is 0 Å². The molecule has 0 bridgehead atoms. The molecule has 0 saturated carbocycles. The van der Waals surface area contributed by atoms with Crippen LogP contribution in [0.4, 0.5) is 5.82 Å². The maximum atomic E-state index is 4.87. The molecule has 0 amide bonds. The zero-order valence-electron chi connectivity index (χ0n) is 21.1. The fourth-order valence-electron chi connectivity index (χ4n) is 4.87. The van der Waals surface area contributed by atoms with Crippen molar-refractivity contribution in [2.75, 3.05) is 11.9 Å². The van der Waals surface area contributed by atoms with Crippen molar-refractivity contribution in [3.05, 3.63) is 76.2 Å². The SMILES string of the molecule is CCC(Cc1cc(CCCc2ccc3c(n2)NCCC3)n(C)n1)c1cccc(C(C)(C)C)c1. The molecule has 4 rings (SSSR count). The summed E-state index contributed by atoms with van der Waals surface area (Å²) < 4.78 is 2.08. The third kappa shape index (κ3) is 5.85. The highest BCUT2D eigenvalue weighted by Crippen LogP contribution is 2.29. The van der Waals surface area contributed by atoms with E-state index in [0.717, 1.165) is 50.9 Å². The zero-order chi connectivity index (χ0) is 23.4. The molecule has 0 spiro atoms. The maximum Gasteiger partial charge on any atom is 0.129 e. The molecule has 3 heterocycles. The molecule has 33 heavy (non-hydrogen) atoms. The average molecular weight is 445 g/mol. The Morgan fingerprint density at radius 2 is 1.91 bits per heavy atom. The standard InChI is InChI=1S/C29H40N4/c1-6-21(23-10-7-12-24(18-23)29(2,3)4)19-26-20-27(33(5)32-26)14-8-13-25-16-15-22-11-9-17-30-28(22)31-25/h7,10,12,15-16,18,20-21H,6,8-9,11,13-14,17,19H2,1-5H3,(H,30,31). The van der Waals surface area contributed by atoms with Gasteiger partial charge in [-0.1, -0.05) is 58.0 Å². The predicted molar refractivity (Wildman–Crippen MR) is 138 cm³/mol. The van der Waals surface area contributed by atoms with E-state index in [1.165, 1.54) is 40.2 Å². The quantitative estimate of drug-likeness (QED) is 0.438. The summed E-state index contributed by atoms with van der Waals surface area (Å²) in [6.45, 7) is 10.2. The van der Waals surface area contributed by atoms with Crippen LogP contribution >= 0.6 is 0 Å². The minimum atomic E-state index is 0.176. The van der Waals surface area contributed by atoms with E-state index in [9.17, 15) is 0 Å². The summed E-state index contributed by atoms with van der Waals surface area (Å²) in [6.07, 6.45) is 7.60. The molecule has 1 aliphatic heterocycles. The van der Waals surface area contributed by atoms with Crippen molar-refractivity contribution >= 4 is 5.82 Å². The number of nitrogens with one attached hydrogen (secondary N) is 1. The van der Waals surface area contributed by atoms with Crippen LogP contribution in [0, 0.1) is 0 Å². The van der Waals surface area contributed by atoms with Crippen molar-refractivity contribution in [3.8, 4) is 0 Å². The molecule has 1 aliphatic rings. The maximum absolute atomic E-state index is 4.87. The molecule has 0 saturated heterocycles. The fraction of sp³-hybridized carbons (Fsp3) is 0.517. The lowest BCUT2D eigenvalue weighted by atomic mass is 9.83. The van der Waals surface area contributed by atoms with Gasteiger partial charge >= 0.3 is 0 Å². The van der Waals surface area contributed by atoms with Gasteiger partial charge in [-0.05, 0) is 85.1 Å². The summed E-state index contributed by atoms with van der Waals surface area (Å²) >= 11 is 0. The lowest BCUT2D eigenvalue weighted by Gasteiger charge is -2.22. The van der Waals surface area contributed by atoms with E-state index < -0.39 is 0 Å². The van der Waals surface area contributed by atoms with E-state index in [-0.39, 0.29) is 5.41 Å². The molecular formula is C29H40N4. The number of hydrogen-bond donors (Lipinski definition) is 1. The molecule has 3 aromatic rings. The van der Waals surface area contributed by atoms with Gasteiger partial charge in [-0.15, -0.1) is 0 Å². The van der Waals surface area contributed by atoms with Crippen LogP contribution in [0.25, 0.3) is 0 Å². The van der Waals surface area contributed by atoms with Crippen LogP contribution in [-0.2, 0) is 38.1 Å². The third-order valence-electron chi connectivity index (χ3n) is 7.02. The van der Waals surface area contributed by atoms with Gasteiger partial charge in [0, 0.05) is 25.0 Å². The van der Waals surface area contributed by atoms with Gasteiger partial charge in [-0.2, -0.15) is 5.10 Å². The largest absolute Gasteiger partial charge is 0.370 e. The lowest BCUT2D eigenvalue weighted by Crippen LogP contribution is -2.14. The van der Waals surface area contributed by atoms with Gasteiger partial charge in [-0.3, -0.25) is 4.68 Å². The highest BCUT2D eigenvalue weighted by molar-refractivity contribution is 5.47. The van der Waals surface area contributed by atoms with E-state index in [1.54, 1.807) is 0 Å². The number of hydrogen-bond acceptors (Lipinski definition) is 3. The summed E-state index contributed by atoms with van der Waals surface area (Å²) in [4.78, 5) is 4.85. The molecule has 0 aliphatic carbocycles. The minimum absolute atomic E-state index is 0.176. The Morgan fingerprint density at radius 1 is 1.06 bits per heavy atom. The van der Waals surface area contributed by atoms with Gasteiger partial charge in [0.25, 0.3) is 0 Å². The van der Waals surface area contributed by atoms with Crippen LogP contribution in [0.1, 0.15) is 86.6 Å². The van der Waals surface area contributed by atoms with Crippen molar-refractivity contribution in [3.63, 3.8) is 0 Å². The number of benzene rings is 1. The number of nitrogens with zero attached hydrogens (tertiary/aromatic N) is 3. The summed E-state index contributed by atoms with van der Waals surface area (Å²) in [5.41, 5.74) is 8.09. The van der Waals surface area contributed by atoms with Crippen LogP contribution < -0.4 is 5.32 Å². The highest BCUT2D eigenvalue weighted by Gasteiger charge is 2.18. The van der Waals surface area contributed by atoms with E-state index in [1.807, 2.05) is 0 Å². The Kier molecular flexibility index (Phi) is 7.21. The molecule has 0 fully saturated rings. The summed E-state index contributed by atoms with van der Waals surface area (Å²) in [7, 11) is 2.08. The Bertz CT molecular complexity index is 1070. The monoisotopic (exact) mass is 444 g/mol. The third-order valence-corrected chi connectivity index (χ3v) is 7.02. The van der Waals surface area contributed by atoms with E-state index in [4.69, 9.17) is 10.1 Å². The molecule has 1 aromatic carbocycles. The first-order chi connectivity index (χ1) is 15.8. The molecule has 176 valence electrons. The van der Waals surface area contributed by atoms with E-state index >= 15 is 0 Å². The topological polar surface area (TPSA) is 42.7 Å². The van der Waals surface area contributed by atoms with Gasteiger partial charge in [0.2, 0.25) is 0 Å². The van der Waals surface area contributed by atoms with Crippen LogP contribution in [0.3, 0.4) is 0 Å². The van der Waals surface area contributed by atoms with Gasteiger partial charge in [0.05, 0.1) is 5.69 Å². The lowest BCUT2D eigenvalue weighted by molar-refractivity contribution is 0.583. The Labute approximate surface area is 199 Å². The fourth-order valence-corrected chi connectivity index (χ4v) is 4.87. The van der Waals surface area contributed by atoms with Crippen LogP contribution in [0.2, 0.25) is 0 Å². The van der Waals surface area contributed by atoms with Crippen molar-refractivity contribution in [1.29, 1.82) is 0 Å². The molecule has 4 nitrogen and oxygen atoms in total. The van der Waals surface area contributed by atoms with Crippen molar-refractivity contribution in [1.82, 2.24) is 14.8 Å². The van der Waals surface area contributed by atoms with Crippen LogP contribution in [0.5, 0.6) is 0 Å². The van der Waals surface area contributed by atoms with E-state index in [2.05, 4.69) is 87.2 Å². The average Bonchev–Trinajstić information content (AvgIpc) is 3.16. The summed E-state index contributed by atoms with van der Waals surface area (Å²) in [6, 6.07) is 15.9. The Morgan fingerprint density at radius 3 is 2.70 bits per heavy atom. The smallest absolute Gasteiger partial charge is 0.129 e. The number of pyridine rings is 1. The number of fused-ring (bicyclic) bond motifs is 1. The number of aromatic nitrogens is 3. The Hall–Kier alpha value is -2.62. The molecule has 4 heteroatoms. The van der Waals surface area contributed by atoms with Crippen molar-refractivity contribution in [2.45, 2.75) is 84.0 Å². The van der Waals surface area contributed by atoms with Crippen molar-refractivity contribution in [2.24, 2.45) is 7.05 Å². The summed E-state index contributed by atoms with van der Waals surface area (Å²) in [5.74, 6) is 1.60. The summed E-state index contributed by atoms with van der Waals surface area (Å²) in [5, 5.41) is 8.32. The molecule has 1 N–H and O–H groups in total. The molecule has 2 aromatic heterocycles. The van der Waals surface area contributed by atoms with Crippen LogP contribution in [0.15, 0.2) is 42.5 Å². The Balaban J connectivity index is 1.37. The molecular weight excluding hydrogens is 404 g/mol. The van der Waals surface area contributed by atoms with Gasteiger partial charge in [0.1, 0.15) is 5.82 Å². The van der Waals surface area contributed by atoms with Gasteiger partial charge < -0.3 is 5.32 Å². The first-order valence-corrected chi connectivity index (χ1v) is 12.7. The number of anilines is 1. The van der Waals surface area contributed by atoms with Crippen molar-refractivity contribution < 1.29 is 0 Å². The second kappa shape index (κ2) is 10.1. The first-order valence-electron chi connectivity index (χ1n) is 12.7.